The molecule has 9 nitrogen and oxygen atoms in total. The van der Waals surface area contributed by atoms with Gasteiger partial charge in [0.05, 0.1) is 24.2 Å². The number of methoxy groups -OCH3 is 1. The van der Waals surface area contributed by atoms with Crippen LogP contribution in [0.2, 0.25) is 0 Å². The largest absolute Gasteiger partial charge is 0.496 e. The molecule has 29 heavy (non-hydrogen) atoms. The molecule has 0 aromatic heterocycles. The topological polar surface area (TPSA) is 96.5 Å². The van der Waals surface area contributed by atoms with Gasteiger partial charge >= 0.3 is 6.09 Å². The molecule has 0 saturated carbocycles. The average molecular weight is 426 g/mol. The van der Waals surface area contributed by atoms with Crippen LogP contribution >= 0.6 is 0 Å². The van der Waals surface area contributed by atoms with Gasteiger partial charge in [0.15, 0.2) is 0 Å². The number of piperazine rings is 1. The molecule has 0 aliphatic carbocycles. The number of hydrogen-bond acceptors (Lipinski definition) is 6. The Morgan fingerprint density at radius 3 is 2.24 bits per heavy atom. The highest BCUT2D eigenvalue weighted by atomic mass is 32.2. The van der Waals surface area contributed by atoms with Crippen molar-refractivity contribution in [2.45, 2.75) is 24.7 Å². The van der Waals surface area contributed by atoms with E-state index < -0.39 is 16.1 Å². The van der Waals surface area contributed by atoms with Gasteiger partial charge in [-0.2, -0.15) is 4.31 Å². The maximum atomic E-state index is 13.1. The van der Waals surface area contributed by atoms with E-state index in [2.05, 4.69) is 0 Å². The molecule has 1 aromatic rings. The predicted molar refractivity (Wildman–Crippen MR) is 105 cm³/mol. The minimum Gasteiger partial charge on any atom is -0.496 e. The van der Waals surface area contributed by atoms with Crippen molar-refractivity contribution in [3.05, 3.63) is 23.8 Å². The average Bonchev–Trinajstić information content (AvgIpc) is 3.28. The molecule has 2 heterocycles. The van der Waals surface area contributed by atoms with Gasteiger partial charge in [-0.15, -0.1) is 0 Å². The summed E-state index contributed by atoms with van der Waals surface area (Å²) in [5, 5.41) is 0. The lowest BCUT2D eigenvalue weighted by Gasteiger charge is -2.33. The van der Waals surface area contributed by atoms with Gasteiger partial charge in [-0.05, 0) is 38.0 Å². The van der Waals surface area contributed by atoms with E-state index in [9.17, 15) is 18.0 Å². The first-order valence-corrected chi connectivity index (χ1v) is 11.2. The van der Waals surface area contributed by atoms with E-state index in [4.69, 9.17) is 9.47 Å². The minimum atomic E-state index is -3.80. The highest BCUT2D eigenvalue weighted by molar-refractivity contribution is 7.89. The number of amides is 2. The molecule has 2 amide bonds. The first kappa shape index (κ1) is 21.4. The van der Waals surface area contributed by atoms with E-state index in [0.717, 1.165) is 12.8 Å². The van der Waals surface area contributed by atoms with Crippen molar-refractivity contribution < 1.29 is 27.5 Å². The maximum absolute atomic E-state index is 13.1. The molecule has 0 spiro atoms. The van der Waals surface area contributed by atoms with Crippen molar-refractivity contribution in [2.24, 2.45) is 0 Å². The zero-order valence-corrected chi connectivity index (χ0v) is 17.6. The van der Waals surface area contributed by atoms with Crippen LogP contribution in [0.4, 0.5) is 4.79 Å². The second-order valence-corrected chi connectivity index (χ2v) is 8.89. The molecule has 3 rings (SSSR count). The fourth-order valence-electron chi connectivity index (χ4n) is 3.58. The van der Waals surface area contributed by atoms with E-state index in [1.54, 1.807) is 11.8 Å². The summed E-state index contributed by atoms with van der Waals surface area (Å²) in [6.07, 6.45) is 1.45. The van der Waals surface area contributed by atoms with Crippen molar-refractivity contribution in [3.8, 4) is 5.75 Å². The van der Waals surface area contributed by atoms with E-state index in [1.807, 2.05) is 0 Å². The van der Waals surface area contributed by atoms with E-state index >= 15 is 0 Å². The summed E-state index contributed by atoms with van der Waals surface area (Å²) in [7, 11) is -2.34. The Morgan fingerprint density at radius 1 is 1.00 bits per heavy atom. The van der Waals surface area contributed by atoms with Crippen LogP contribution < -0.4 is 4.74 Å². The summed E-state index contributed by atoms with van der Waals surface area (Å²) in [4.78, 5) is 27.9. The fraction of sp³-hybridized carbons (Fsp3) is 0.579. The van der Waals surface area contributed by atoms with Crippen LogP contribution in [0.3, 0.4) is 0 Å². The van der Waals surface area contributed by atoms with Crippen LogP contribution in [0, 0.1) is 0 Å². The normalized spacial score (nSPS) is 18.0. The first-order chi connectivity index (χ1) is 13.9. The van der Waals surface area contributed by atoms with Crippen LogP contribution in [0.15, 0.2) is 23.1 Å². The summed E-state index contributed by atoms with van der Waals surface area (Å²) in [5.41, 5.74) is 0.251. The van der Waals surface area contributed by atoms with E-state index in [1.165, 1.54) is 34.5 Å². The van der Waals surface area contributed by atoms with Crippen LogP contribution in [0.1, 0.15) is 30.1 Å². The lowest BCUT2D eigenvalue weighted by molar-refractivity contribution is 0.0788. The van der Waals surface area contributed by atoms with E-state index in [0.29, 0.717) is 18.8 Å². The number of sulfonamides is 1. The highest BCUT2D eigenvalue weighted by Gasteiger charge is 2.32. The lowest BCUT2D eigenvalue weighted by atomic mass is 10.1. The zero-order valence-electron chi connectivity index (χ0n) is 16.8. The molecule has 0 radical (unpaired) electrons. The molecule has 2 aliphatic heterocycles. The predicted octanol–water partition coefficient (Wildman–Crippen LogP) is 1.39. The lowest BCUT2D eigenvalue weighted by Crippen LogP contribution is -2.50. The van der Waals surface area contributed by atoms with Gasteiger partial charge in [0.1, 0.15) is 5.75 Å². The Hall–Kier alpha value is -2.33. The number of rotatable bonds is 5. The molecule has 10 heteroatoms. The summed E-state index contributed by atoms with van der Waals surface area (Å²) >= 11 is 0. The molecule has 0 unspecified atom stereocenters. The molecule has 2 aliphatic rings. The van der Waals surface area contributed by atoms with E-state index in [-0.39, 0.29) is 49.2 Å². The second kappa shape index (κ2) is 9.00. The quantitative estimate of drug-likeness (QED) is 0.707. The minimum absolute atomic E-state index is 0.0467. The van der Waals surface area contributed by atoms with Crippen molar-refractivity contribution >= 4 is 22.0 Å². The van der Waals surface area contributed by atoms with Gasteiger partial charge in [0.25, 0.3) is 5.91 Å². The Balaban J connectivity index is 1.79. The van der Waals surface area contributed by atoms with Crippen LogP contribution in [0.25, 0.3) is 0 Å². The summed E-state index contributed by atoms with van der Waals surface area (Å²) in [6.45, 7) is 4.18. The number of carbonyl (C=O) groups is 2. The Labute approximate surface area is 171 Å². The maximum Gasteiger partial charge on any atom is 0.409 e. The van der Waals surface area contributed by atoms with Crippen molar-refractivity contribution in [3.63, 3.8) is 0 Å². The third-order valence-electron chi connectivity index (χ3n) is 5.20. The molecule has 2 saturated heterocycles. The fourth-order valence-corrected chi connectivity index (χ4v) is 5.03. The van der Waals surface area contributed by atoms with Crippen LogP contribution in [0.5, 0.6) is 5.75 Å². The molecule has 160 valence electrons. The van der Waals surface area contributed by atoms with Gasteiger partial charge in [0.2, 0.25) is 10.0 Å². The molecule has 2 fully saturated rings. The van der Waals surface area contributed by atoms with Crippen molar-refractivity contribution in [2.75, 3.05) is 53.0 Å². The first-order valence-electron chi connectivity index (χ1n) is 9.77. The number of benzene rings is 1. The Morgan fingerprint density at radius 2 is 1.66 bits per heavy atom. The number of nitrogens with zero attached hydrogens (tertiary/aromatic N) is 3. The number of ether oxygens (including phenoxy) is 2. The zero-order chi connectivity index (χ0) is 21.0. The number of likely N-dealkylation sites (tertiary alicyclic amines) is 1. The second-order valence-electron chi connectivity index (χ2n) is 6.95. The Kier molecular flexibility index (Phi) is 6.63. The van der Waals surface area contributed by atoms with Gasteiger partial charge in [-0.25, -0.2) is 13.2 Å². The highest BCUT2D eigenvalue weighted by Crippen LogP contribution is 2.27. The van der Waals surface area contributed by atoms with Crippen molar-refractivity contribution in [1.82, 2.24) is 14.1 Å². The molecular weight excluding hydrogens is 398 g/mol. The third kappa shape index (κ3) is 4.48. The SMILES string of the molecule is CCOC(=O)N1CCN(S(=O)(=O)c2ccc(OC)c(C(=O)N3CCCC3)c2)CC1. The number of hydrogen-bond donors (Lipinski definition) is 0. The molecule has 1 aromatic carbocycles. The van der Waals surface area contributed by atoms with Gasteiger partial charge in [0, 0.05) is 39.3 Å². The molecular formula is C19H27N3O6S. The summed E-state index contributed by atoms with van der Waals surface area (Å²) < 4.78 is 37.8. The van der Waals surface area contributed by atoms with Crippen LogP contribution in [-0.2, 0) is 14.8 Å². The van der Waals surface area contributed by atoms with Crippen molar-refractivity contribution in [1.29, 1.82) is 0 Å². The van der Waals surface area contributed by atoms with Crippen LogP contribution in [-0.4, -0.2) is 87.5 Å². The third-order valence-corrected chi connectivity index (χ3v) is 7.09. The molecule has 0 bridgehead atoms. The standard InChI is InChI=1S/C19H27N3O6S/c1-3-28-19(24)21-10-12-22(13-11-21)29(25,26)15-6-7-17(27-2)16(14-15)18(23)20-8-4-5-9-20/h6-7,14H,3-5,8-13H2,1-2H3. The number of carbonyl (C=O) groups excluding carboxylic acids is 2. The monoisotopic (exact) mass is 425 g/mol. The molecule has 0 N–H and O–H groups in total. The van der Waals surface area contributed by atoms with Gasteiger partial charge < -0.3 is 19.3 Å². The van der Waals surface area contributed by atoms with Gasteiger partial charge in [-0.1, -0.05) is 0 Å². The van der Waals surface area contributed by atoms with Gasteiger partial charge in [-0.3, -0.25) is 4.79 Å². The Bertz CT molecular complexity index is 859. The smallest absolute Gasteiger partial charge is 0.409 e. The molecule has 0 atom stereocenters. The summed E-state index contributed by atoms with van der Waals surface area (Å²) in [5.74, 6) is 0.136. The summed E-state index contributed by atoms with van der Waals surface area (Å²) in [6, 6.07) is 4.37.